The van der Waals surface area contributed by atoms with Gasteiger partial charge in [-0.2, -0.15) is 0 Å². The molecule has 9 heavy (non-hydrogen) atoms. The summed E-state index contributed by atoms with van der Waals surface area (Å²) >= 11 is 0. The van der Waals surface area contributed by atoms with E-state index in [0.29, 0.717) is 0 Å². The summed E-state index contributed by atoms with van der Waals surface area (Å²) in [4.78, 5) is 0. The minimum Gasteiger partial charge on any atom is -0.0885 e. The molecule has 0 heteroatoms. The Kier molecular flexibility index (Phi) is 7.05. The molecule has 0 saturated carbocycles. The number of hydrogen-bond donors (Lipinski definition) is 0. The van der Waals surface area contributed by atoms with Gasteiger partial charge in [0.2, 0.25) is 0 Å². The van der Waals surface area contributed by atoms with E-state index in [2.05, 4.69) is 38.2 Å². The molecule has 0 aromatic heterocycles. The molecule has 0 unspecified atom stereocenters. The average Bonchev–Trinajstić information content (AvgIpc) is 1.89. The van der Waals surface area contributed by atoms with Crippen LogP contribution >= 0.6 is 0 Å². The molecule has 0 N–H and O–H groups in total. The summed E-state index contributed by atoms with van der Waals surface area (Å²) in [5.41, 5.74) is 0. The summed E-state index contributed by atoms with van der Waals surface area (Å²) in [7, 11) is 0. The van der Waals surface area contributed by atoms with E-state index in [9.17, 15) is 0 Å². The first-order chi connectivity index (χ1) is 4.41. The van der Waals surface area contributed by atoms with Crippen LogP contribution in [-0.2, 0) is 0 Å². The van der Waals surface area contributed by atoms with Crippen LogP contribution in [0.1, 0.15) is 33.1 Å². The van der Waals surface area contributed by atoms with Gasteiger partial charge in [-0.15, -0.1) is 0 Å². The van der Waals surface area contributed by atoms with Gasteiger partial charge in [-0.05, 0) is 19.3 Å². The van der Waals surface area contributed by atoms with Crippen molar-refractivity contribution in [2.45, 2.75) is 33.1 Å². The number of allylic oxidation sites excluding steroid dienone is 4. The maximum atomic E-state index is 2.20. The second-order valence-corrected chi connectivity index (χ2v) is 2.00. The van der Waals surface area contributed by atoms with E-state index in [0.717, 1.165) is 19.3 Å². The molecule has 0 rings (SSSR count). The third-order valence-electron chi connectivity index (χ3n) is 1.08. The van der Waals surface area contributed by atoms with Gasteiger partial charge in [-0.1, -0.05) is 38.2 Å². The Morgan fingerprint density at radius 3 is 1.56 bits per heavy atom. The SMILES string of the molecule is CC/C=C\C/C=C\CC. The predicted octanol–water partition coefficient (Wildman–Crippen LogP) is 3.31. The first-order valence-corrected chi connectivity index (χ1v) is 3.71. The maximum absolute atomic E-state index is 2.20. The largest absolute Gasteiger partial charge is 0.0885 e. The zero-order chi connectivity index (χ0) is 6.95. The van der Waals surface area contributed by atoms with Gasteiger partial charge in [0.25, 0.3) is 0 Å². The minimum absolute atomic E-state index is 1.10. The quantitative estimate of drug-likeness (QED) is 0.504. The van der Waals surface area contributed by atoms with Crippen molar-refractivity contribution in [3.05, 3.63) is 24.3 Å². The van der Waals surface area contributed by atoms with Crippen LogP contribution in [0.2, 0.25) is 0 Å². The van der Waals surface area contributed by atoms with Gasteiger partial charge >= 0.3 is 0 Å². The Bertz CT molecular complexity index is 76.2. The van der Waals surface area contributed by atoms with Gasteiger partial charge in [0, 0.05) is 0 Å². The first-order valence-electron chi connectivity index (χ1n) is 3.71. The van der Waals surface area contributed by atoms with Crippen molar-refractivity contribution in [1.82, 2.24) is 0 Å². The van der Waals surface area contributed by atoms with Crippen LogP contribution in [0.4, 0.5) is 0 Å². The Hall–Kier alpha value is -0.520. The van der Waals surface area contributed by atoms with Crippen LogP contribution in [0, 0.1) is 0 Å². The second-order valence-electron chi connectivity index (χ2n) is 2.00. The Morgan fingerprint density at radius 1 is 0.778 bits per heavy atom. The molecule has 0 aliphatic heterocycles. The molecule has 0 amide bonds. The van der Waals surface area contributed by atoms with Crippen molar-refractivity contribution in [2.24, 2.45) is 0 Å². The number of hydrogen-bond acceptors (Lipinski definition) is 0. The highest BCUT2D eigenvalue weighted by Crippen LogP contribution is 1.89. The summed E-state index contributed by atoms with van der Waals surface area (Å²) in [6, 6.07) is 0. The van der Waals surface area contributed by atoms with Crippen LogP contribution in [0.5, 0.6) is 0 Å². The Balaban J connectivity index is 3.08. The fourth-order valence-electron chi connectivity index (χ4n) is 0.604. The van der Waals surface area contributed by atoms with Gasteiger partial charge in [-0.25, -0.2) is 0 Å². The summed E-state index contributed by atoms with van der Waals surface area (Å²) in [6.45, 7) is 4.31. The van der Waals surface area contributed by atoms with Crippen molar-refractivity contribution in [3.8, 4) is 0 Å². The molecular formula is C9H16. The fraction of sp³-hybridized carbons (Fsp3) is 0.556. The highest BCUT2D eigenvalue weighted by atomic mass is 13.7. The predicted molar refractivity (Wildman–Crippen MR) is 43.5 cm³/mol. The lowest BCUT2D eigenvalue weighted by Crippen LogP contribution is -1.58. The van der Waals surface area contributed by atoms with Crippen molar-refractivity contribution in [1.29, 1.82) is 0 Å². The van der Waals surface area contributed by atoms with Gasteiger partial charge in [0.1, 0.15) is 0 Å². The molecule has 0 aliphatic carbocycles. The molecule has 0 heterocycles. The molecule has 0 nitrogen and oxygen atoms in total. The van der Waals surface area contributed by atoms with E-state index in [4.69, 9.17) is 0 Å². The maximum Gasteiger partial charge on any atom is -0.0169 e. The molecule has 0 aliphatic rings. The van der Waals surface area contributed by atoms with Gasteiger partial charge < -0.3 is 0 Å². The molecule has 0 radical (unpaired) electrons. The van der Waals surface area contributed by atoms with Crippen molar-refractivity contribution in [2.75, 3.05) is 0 Å². The molecule has 0 saturated heterocycles. The van der Waals surface area contributed by atoms with Gasteiger partial charge in [0.05, 0.1) is 0 Å². The molecule has 52 valence electrons. The second kappa shape index (κ2) is 7.48. The van der Waals surface area contributed by atoms with E-state index in [1.165, 1.54) is 0 Å². The topological polar surface area (TPSA) is 0 Å². The lowest BCUT2D eigenvalue weighted by atomic mass is 10.3. The normalized spacial score (nSPS) is 11.8. The van der Waals surface area contributed by atoms with Crippen molar-refractivity contribution < 1.29 is 0 Å². The smallest absolute Gasteiger partial charge is 0.0169 e. The van der Waals surface area contributed by atoms with E-state index < -0.39 is 0 Å². The lowest BCUT2D eigenvalue weighted by molar-refractivity contribution is 1.18. The zero-order valence-electron chi connectivity index (χ0n) is 6.43. The molecule has 0 aromatic carbocycles. The van der Waals surface area contributed by atoms with Gasteiger partial charge in [-0.3, -0.25) is 0 Å². The van der Waals surface area contributed by atoms with E-state index >= 15 is 0 Å². The van der Waals surface area contributed by atoms with Crippen molar-refractivity contribution in [3.63, 3.8) is 0 Å². The fourth-order valence-corrected chi connectivity index (χ4v) is 0.604. The Morgan fingerprint density at radius 2 is 1.22 bits per heavy atom. The average molecular weight is 124 g/mol. The summed E-state index contributed by atoms with van der Waals surface area (Å²) in [5, 5.41) is 0. The Labute approximate surface area is 58.3 Å². The first kappa shape index (κ1) is 8.48. The van der Waals surface area contributed by atoms with E-state index in [1.807, 2.05) is 0 Å². The summed E-state index contributed by atoms with van der Waals surface area (Å²) in [5.74, 6) is 0. The van der Waals surface area contributed by atoms with E-state index in [1.54, 1.807) is 0 Å². The van der Waals surface area contributed by atoms with Crippen LogP contribution < -0.4 is 0 Å². The molecule has 0 fully saturated rings. The molecule has 0 spiro atoms. The molecular weight excluding hydrogens is 108 g/mol. The van der Waals surface area contributed by atoms with Crippen LogP contribution in [0.25, 0.3) is 0 Å². The standard InChI is InChI=1S/C9H16/c1-3-5-7-9-8-6-4-2/h5-8H,3-4,9H2,1-2H3/b7-5-,8-6-. The highest BCUT2D eigenvalue weighted by Gasteiger charge is 1.68. The van der Waals surface area contributed by atoms with Crippen LogP contribution in [0.15, 0.2) is 24.3 Å². The third kappa shape index (κ3) is 7.48. The van der Waals surface area contributed by atoms with Crippen LogP contribution in [0.3, 0.4) is 0 Å². The third-order valence-corrected chi connectivity index (χ3v) is 1.08. The summed E-state index contributed by atoms with van der Waals surface area (Å²) < 4.78 is 0. The zero-order valence-corrected chi connectivity index (χ0v) is 6.43. The molecule has 0 bridgehead atoms. The number of rotatable bonds is 4. The van der Waals surface area contributed by atoms with Crippen molar-refractivity contribution >= 4 is 0 Å². The van der Waals surface area contributed by atoms with Crippen LogP contribution in [-0.4, -0.2) is 0 Å². The molecule has 0 atom stereocenters. The van der Waals surface area contributed by atoms with E-state index in [-0.39, 0.29) is 0 Å². The highest BCUT2D eigenvalue weighted by molar-refractivity contribution is 4.91. The summed E-state index contributed by atoms with van der Waals surface area (Å²) in [6.07, 6.45) is 12.2. The molecule has 0 aromatic rings. The van der Waals surface area contributed by atoms with Gasteiger partial charge in [0.15, 0.2) is 0 Å². The monoisotopic (exact) mass is 124 g/mol. The lowest BCUT2D eigenvalue weighted by Gasteiger charge is -1.79. The minimum atomic E-state index is 1.10.